The summed E-state index contributed by atoms with van der Waals surface area (Å²) < 4.78 is 4.84. The van der Waals surface area contributed by atoms with Crippen LogP contribution in [0.4, 0.5) is 0 Å². The summed E-state index contributed by atoms with van der Waals surface area (Å²) in [6.07, 6.45) is 4.89. The molecule has 1 amide bonds. The van der Waals surface area contributed by atoms with Crippen molar-refractivity contribution in [3.63, 3.8) is 0 Å². The number of carbonyl (C=O) groups excluding carboxylic acids is 1. The van der Waals surface area contributed by atoms with Crippen LogP contribution in [-0.4, -0.2) is 30.2 Å². The predicted molar refractivity (Wildman–Crippen MR) is 59.2 cm³/mol. The fraction of sp³-hybridized carbons (Fsp3) is 0.636. The fourth-order valence-electron chi connectivity index (χ4n) is 1.97. The van der Waals surface area contributed by atoms with Crippen LogP contribution in [0.15, 0.2) is 10.7 Å². The van der Waals surface area contributed by atoms with E-state index in [1.165, 1.54) is 19.0 Å². The van der Waals surface area contributed by atoms with Gasteiger partial charge in [-0.3, -0.25) is 4.79 Å². The number of amides is 1. The second kappa shape index (κ2) is 5.12. The molecule has 1 aromatic rings. The molecule has 1 atom stereocenters. The van der Waals surface area contributed by atoms with Gasteiger partial charge in [0, 0.05) is 12.6 Å². The Balaban J connectivity index is 1.73. The van der Waals surface area contributed by atoms with Crippen LogP contribution in [0.3, 0.4) is 0 Å². The lowest BCUT2D eigenvalue weighted by Crippen LogP contribution is -2.30. The number of nitrogens with one attached hydrogen (secondary N) is 2. The highest BCUT2D eigenvalue weighted by Crippen LogP contribution is 2.08. The lowest BCUT2D eigenvalue weighted by atomic mass is 10.1. The maximum atomic E-state index is 11.7. The van der Waals surface area contributed by atoms with Crippen LogP contribution in [0.25, 0.3) is 0 Å². The van der Waals surface area contributed by atoms with Gasteiger partial charge in [0.15, 0.2) is 0 Å². The van der Waals surface area contributed by atoms with Crippen molar-refractivity contribution >= 4 is 5.91 Å². The highest BCUT2D eigenvalue weighted by molar-refractivity contribution is 5.94. The van der Waals surface area contributed by atoms with Gasteiger partial charge in [0.25, 0.3) is 5.91 Å². The molecule has 0 aliphatic carbocycles. The van der Waals surface area contributed by atoms with Crippen LogP contribution >= 0.6 is 0 Å². The van der Waals surface area contributed by atoms with Crippen LogP contribution in [-0.2, 0) is 0 Å². The van der Waals surface area contributed by atoms with Gasteiger partial charge in [-0.1, -0.05) is 5.16 Å². The maximum Gasteiger partial charge on any atom is 0.256 e. The van der Waals surface area contributed by atoms with Gasteiger partial charge < -0.3 is 15.2 Å². The third kappa shape index (κ3) is 2.61. The van der Waals surface area contributed by atoms with Gasteiger partial charge in [0.2, 0.25) is 0 Å². The van der Waals surface area contributed by atoms with Crippen molar-refractivity contribution in [2.45, 2.75) is 32.2 Å². The van der Waals surface area contributed by atoms with Gasteiger partial charge >= 0.3 is 0 Å². The number of hydrogen-bond acceptors (Lipinski definition) is 4. The predicted octanol–water partition coefficient (Wildman–Crippen LogP) is 0.855. The number of nitrogens with zero attached hydrogens (tertiary/aromatic N) is 1. The summed E-state index contributed by atoms with van der Waals surface area (Å²) >= 11 is 0. The van der Waals surface area contributed by atoms with Crippen molar-refractivity contribution in [1.82, 2.24) is 15.8 Å². The molecule has 5 heteroatoms. The molecule has 1 aliphatic heterocycles. The number of carbonyl (C=O) groups is 1. The Morgan fingerprint density at radius 3 is 3.25 bits per heavy atom. The molecule has 0 radical (unpaired) electrons. The van der Waals surface area contributed by atoms with E-state index in [9.17, 15) is 4.79 Å². The Kier molecular flexibility index (Phi) is 3.56. The Morgan fingerprint density at radius 2 is 2.62 bits per heavy atom. The number of aryl methyl sites for hydroxylation is 1. The molecule has 2 N–H and O–H groups in total. The molecular formula is C11H17N3O2. The zero-order valence-electron chi connectivity index (χ0n) is 9.45. The minimum absolute atomic E-state index is 0.100. The third-order valence-electron chi connectivity index (χ3n) is 2.94. The number of hydrogen-bond donors (Lipinski definition) is 2. The molecule has 0 bridgehead atoms. The zero-order chi connectivity index (χ0) is 11.4. The standard InChI is InChI=1S/C11H17N3O2/c1-8-10(7-14-16-8)11(15)13-6-4-9-3-2-5-12-9/h7,9,12H,2-6H2,1H3,(H,13,15)/t9-/m0/s1. The summed E-state index contributed by atoms with van der Waals surface area (Å²) in [6.45, 7) is 3.53. The molecule has 16 heavy (non-hydrogen) atoms. The molecule has 88 valence electrons. The van der Waals surface area contributed by atoms with E-state index in [4.69, 9.17) is 4.52 Å². The molecule has 1 fully saturated rings. The Labute approximate surface area is 94.6 Å². The summed E-state index contributed by atoms with van der Waals surface area (Å²) in [5.74, 6) is 0.466. The molecule has 5 nitrogen and oxygen atoms in total. The average Bonchev–Trinajstić information content (AvgIpc) is 2.88. The van der Waals surface area contributed by atoms with Gasteiger partial charge in [0.1, 0.15) is 11.3 Å². The fourth-order valence-corrected chi connectivity index (χ4v) is 1.97. The number of aromatic nitrogens is 1. The molecule has 0 unspecified atom stereocenters. The molecule has 1 aliphatic rings. The normalized spacial score (nSPS) is 19.9. The van der Waals surface area contributed by atoms with Crippen molar-refractivity contribution in [1.29, 1.82) is 0 Å². The van der Waals surface area contributed by atoms with Gasteiger partial charge in [-0.25, -0.2) is 0 Å². The van der Waals surface area contributed by atoms with Crippen LogP contribution in [0.2, 0.25) is 0 Å². The van der Waals surface area contributed by atoms with Crippen molar-refractivity contribution in [3.8, 4) is 0 Å². The van der Waals surface area contributed by atoms with Crippen molar-refractivity contribution in [2.24, 2.45) is 0 Å². The van der Waals surface area contributed by atoms with E-state index in [1.54, 1.807) is 6.92 Å². The van der Waals surface area contributed by atoms with Gasteiger partial charge in [0.05, 0.1) is 6.20 Å². The van der Waals surface area contributed by atoms with Crippen LogP contribution in [0.5, 0.6) is 0 Å². The first kappa shape index (κ1) is 11.1. The second-order valence-electron chi connectivity index (χ2n) is 4.13. The van der Waals surface area contributed by atoms with E-state index in [-0.39, 0.29) is 5.91 Å². The van der Waals surface area contributed by atoms with E-state index in [1.807, 2.05) is 0 Å². The van der Waals surface area contributed by atoms with Crippen molar-refractivity contribution in [2.75, 3.05) is 13.1 Å². The van der Waals surface area contributed by atoms with E-state index in [0.29, 0.717) is 23.9 Å². The second-order valence-corrected chi connectivity index (χ2v) is 4.13. The minimum Gasteiger partial charge on any atom is -0.361 e. The van der Waals surface area contributed by atoms with Gasteiger partial charge in [-0.15, -0.1) is 0 Å². The Morgan fingerprint density at radius 1 is 1.75 bits per heavy atom. The Bertz CT molecular complexity index is 356. The van der Waals surface area contributed by atoms with Gasteiger partial charge in [-0.05, 0) is 32.7 Å². The van der Waals surface area contributed by atoms with Crippen LogP contribution in [0, 0.1) is 6.92 Å². The molecule has 2 rings (SSSR count). The van der Waals surface area contributed by atoms with E-state index >= 15 is 0 Å². The molecule has 0 aromatic carbocycles. The summed E-state index contributed by atoms with van der Waals surface area (Å²) in [4.78, 5) is 11.7. The highest BCUT2D eigenvalue weighted by Gasteiger charge is 2.15. The first-order valence-corrected chi connectivity index (χ1v) is 5.70. The van der Waals surface area contributed by atoms with Crippen molar-refractivity contribution < 1.29 is 9.32 Å². The maximum absolute atomic E-state index is 11.7. The number of rotatable bonds is 4. The first-order valence-electron chi connectivity index (χ1n) is 5.70. The van der Waals surface area contributed by atoms with E-state index in [2.05, 4.69) is 15.8 Å². The van der Waals surface area contributed by atoms with Crippen molar-refractivity contribution in [3.05, 3.63) is 17.5 Å². The quantitative estimate of drug-likeness (QED) is 0.794. The molecule has 0 spiro atoms. The molecule has 2 heterocycles. The highest BCUT2D eigenvalue weighted by atomic mass is 16.5. The molecule has 1 aromatic heterocycles. The third-order valence-corrected chi connectivity index (χ3v) is 2.94. The smallest absolute Gasteiger partial charge is 0.256 e. The van der Waals surface area contributed by atoms with E-state index in [0.717, 1.165) is 13.0 Å². The largest absolute Gasteiger partial charge is 0.361 e. The van der Waals surface area contributed by atoms with E-state index < -0.39 is 0 Å². The summed E-state index contributed by atoms with van der Waals surface area (Å²) in [7, 11) is 0. The zero-order valence-corrected chi connectivity index (χ0v) is 9.45. The Hall–Kier alpha value is -1.36. The molecule has 0 saturated carbocycles. The minimum atomic E-state index is -0.100. The summed E-state index contributed by atoms with van der Waals surface area (Å²) in [5.41, 5.74) is 0.527. The monoisotopic (exact) mass is 223 g/mol. The topological polar surface area (TPSA) is 67.2 Å². The average molecular weight is 223 g/mol. The van der Waals surface area contributed by atoms with Gasteiger partial charge in [-0.2, -0.15) is 0 Å². The lowest BCUT2D eigenvalue weighted by Gasteiger charge is -2.10. The van der Waals surface area contributed by atoms with Crippen LogP contribution < -0.4 is 10.6 Å². The SMILES string of the molecule is Cc1oncc1C(=O)NCC[C@@H]1CCCN1. The molecule has 1 saturated heterocycles. The van der Waals surface area contributed by atoms with Crippen LogP contribution in [0.1, 0.15) is 35.4 Å². The molecular weight excluding hydrogens is 206 g/mol. The summed E-state index contributed by atoms with van der Waals surface area (Å²) in [6, 6.07) is 0.559. The summed E-state index contributed by atoms with van der Waals surface area (Å²) in [5, 5.41) is 9.85. The lowest BCUT2D eigenvalue weighted by molar-refractivity contribution is 0.0951. The first-order chi connectivity index (χ1) is 7.77.